The zero-order chi connectivity index (χ0) is 14.6. The molecule has 2 aliphatic heterocycles. The molecule has 1 aromatic heterocycles. The number of benzene rings is 1. The van der Waals surface area contributed by atoms with E-state index in [4.69, 9.17) is 0 Å². The number of nitrogens with one attached hydrogen (secondary N) is 4. The van der Waals surface area contributed by atoms with Crippen molar-refractivity contribution in [2.45, 2.75) is 11.9 Å². The highest BCUT2D eigenvalue weighted by Gasteiger charge is 2.26. The van der Waals surface area contributed by atoms with Crippen molar-refractivity contribution in [2.75, 3.05) is 10.6 Å². The quantitative estimate of drug-likeness (QED) is 0.506. The molecule has 4 N–H and O–H groups in total. The van der Waals surface area contributed by atoms with Crippen LogP contribution in [0.5, 0.6) is 0 Å². The normalized spacial score (nSPS) is 19.4. The van der Waals surface area contributed by atoms with E-state index in [2.05, 4.69) is 38.5 Å². The molecule has 3 heterocycles. The molecule has 8 heteroatoms. The van der Waals surface area contributed by atoms with Gasteiger partial charge in [0.05, 0.1) is 6.42 Å². The van der Waals surface area contributed by atoms with Gasteiger partial charge in [0.2, 0.25) is 5.91 Å². The van der Waals surface area contributed by atoms with Crippen LogP contribution in [0.1, 0.15) is 16.1 Å². The van der Waals surface area contributed by atoms with E-state index in [0.717, 1.165) is 16.8 Å². The summed E-state index contributed by atoms with van der Waals surface area (Å²) in [6, 6.07) is 5.61. The SMILES string of the molecule is O=C1Cc2ccc(-c3nc4c([nH]3)C(=O)NC(S)N4)cc2N1. The van der Waals surface area contributed by atoms with Crippen molar-refractivity contribution in [3.8, 4) is 11.4 Å². The number of aromatic amines is 1. The largest absolute Gasteiger partial charge is 0.340 e. The maximum Gasteiger partial charge on any atom is 0.273 e. The molecule has 0 saturated carbocycles. The molecule has 1 unspecified atom stereocenters. The van der Waals surface area contributed by atoms with Crippen molar-refractivity contribution < 1.29 is 9.59 Å². The van der Waals surface area contributed by atoms with Crippen molar-refractivity contribution in [3.05, 3.63) is 29.5 Å². The first-order chi connectivity index (χ1) is 10.1. The zero-order valence-corrected chi connectivity index (χ0v) is 11.6. The van der Waals surface area contributed by atoms with Crippen LogP contribution in [0, 0.1) is 0 Å². The average Bonchev–Trinajstić information content (AvgIpc) is 2.99. The number of hydrogen-bond acceptors (Lipinski definition) is 5. The van der Waals surface area contributed by atoms with Crippen LogP contribution >= 0.6 is 12.6 Å². The van der Waals surface area contributed by atoms with E-state index >= 15 is 0 Å². The topological polar surface area (TPSA) is 98.9 Å². The summed E-state index contributed by atoms with van der Waals surface area (Å²) in [6.45, 7) is 0. The molecular formula is C13H11N5O2S. The Hall–Kier alpha value is -2.48. The molecule has 2 aromatic rings. The predicted octanol–water partition coefficient (Wildman–Crippen LogP) is 0.940. The third kappa shape index (κ3) is 1.95. The number of carbonyl (C=O) groups is 2. The van der Waals surface area contributed by atoms with Gasteiger partial charge in [0, 0.05) is 11.3 Å². The maximum absolute atomic E-state index is 11.8. The summed E-state index contributed by atoms with van der Waals surface area (Å²) in [5.74, 6) is 0.768. The van der Waals surface area contributed by atoms with Crippen LogP contribution < -0.4 is 16.0 Å². The number of imidazole rings is 1. The molecule has 7 nitrogen and oxygen atoms in total. The molecule has 0 aliphatic carbocycles. The molecule has 0 saturated heterocycles. The number of carbonyl (C=O) groups excluding carboxylic acids is 2. The standard InChI is InChI=1S/C13H11N5O2S/c19-8-4-5-1-2-6(3-7(5)14-8)10-15-9-11(16-10)17-13(21)18-12(9)20/h1-3,13,17,21H,4H2,(H,14,19)(H,15,16)(H,18,20). The second kappa shape index (κ2) is 4.26. The molecule has 1 atom stereocenters. The molecule has 0 radical (unpaired) electrons. The van der Waals surface area contributed by atoms with Crippen LogP contribution in [0.25, 0.3) is 11.4 Å². The van der Waals surface area contributed by atoms with Crippen molar-refractivity contribution in [2.24, 2.45) is 0 Å². The summed E-state index contributed by atoms with van der Waals surface area (Å²) >= 11 is 4.16. The van der Waals surface area contributed by atoms with Gasteiger partial charge in [0.15, 0.2) is 5.82 Å². The van der Waals surface area contributed by atoms with Gasteiger partial charge in [-0.05, 0) is 11.6 Å². The number of hydrogen-bond donors (Lipinski definition) is 5. The molecule has 2 amide bonds. The molecule has 0 fully saturated rings. The third-order valence-corrected chi connectivity index (χ3v) is 3.74. The van der Waals surface area contributed by atoms with Gasteiger partial charge in [-0.1, -0.05) is 12.1 Å². The first-order valence-corrected chi connectivity index (χ1v) is 6.90. The second-order valence-electron chi connectivity index (χ2n) is 4.93. The van der Waals surface area contributed by atoms with E-state index in [9.17, 15) is 9.59 Å². The monoisotopic (exact) mass is 301 g/mol. The smallest absolute Gasteiger partial charge is 0.273 e. The van der Waals surface area contributed by atoms with E-state index in [1.165, 1.54) is 0 Å². The highest BCUT2D eigenvalue weighted by atomic mass is 32.1. The van der Waals surface area contributed by atoms with Crippen LogP contribution in [-0.2, 0) is 11.2 Å². The van der Waals surface area contributed by atoms with Crippen molar-refractivity contribution >= 4 is 35.9 Å². The van der Waals surface area contributed by atoms with Crippen LogP contribution in [-0.4, -0.2) is 27.3 Å². The Labute approximate surface area is 124 Å². The van der Waals surface area contributed by atoms with Gasteiger partial charge in [-0.3, -0.25) is 9.59 Å². The predicted molar refractivity (Wildman–Crippen MR) is 80.2 cm³/mol. The number of anilines is 2. The van der Waals surface area contributed by atoms with E-state index in [1.807, 2.05) is 18.2 Å². The Kier molecular flexibility index (Phi) is 2.49. The maximum atomic E-state index is 11.8. The number of H-pyrrole nitrogens is 1. The lowest BCUT2D eigenvalue weighted by Crippen LogP contribution is -2.41. The summed E-state index contributed by atoms with van der Waals surface area (Å²) in [4.78, 5) is 30.6. The molecule has 1 aromatic carbocycles. The fraction of sp³-hybridized carbons (Fsp3) is 0.154. The number of rotatable bonds is 1. The lowest BCUT2D eigenvalue weighted by molar-refractivity contribution is -0.115. The minimum atomic E-state index is -0.458. The summed E-state index contributed by atoms with van der Waals surface area (Å²) in [7, 11) is 0. The lowest BCUT2D eigenvalue weighted by atomic mass is 10.1. The van der Waals surface area contributed by atoms with Gasteiger partial charge < -0.3 is 20.9 Å². The number of thiol groups is 1. The Morgan fingerprint density at radius 2 is 2.10 bits per heavy atom. The van der Waals surface area contributed by atoms with E-state index in [-0.39, 0.29) is 11.8 Å². The fourth-order valence-electron chi connectivity index (χ4n) is 2.50. The van der Waals surface area contributed by atoms with E-state index < -0.39 is 5.50 Å². The molecular weight excluding hydrogens is 290 g/mol. The number of nitrogens with zero attached hydrogens (tertiary/aromatic N) is 1. The molecule has 2 aliphatic rings. The number of aromatic nitrogens is 2. The zero-order valence-electron chi connectivity index (χ0n) is 10.7. The Morgan fingerprint density at radius 3 is 2.95 bits per heavy atom. The van der Waals surface area contributed by atoms with Gasteiger partial charge in [0.25, 0.3) is 5.91 Å². The van der Waals surface area contributed by atoms with Crippen molar-refractivity contribution in [3.63, 3.8) is 0 Å². The minimum absolute atomic E-state index is 0.0140. The minimum Gasteiger partial charge on any atom is -0.340 e. The summed E-state index contributed by atoms with van der Waals surface area (Å²) in [5, 5.41) is 8.39. The molecule has 4 rings (SSSR count). The van der Waals surface area contributed by atoms with Crippen molar-refractivity contribution in [1.82, 2.24) is 15.3 Å². The Balaban J connectivity index is 1.75. The molecule has 106 valence electrons. The van der Waals surface area contributed by atoms with Gasteiger partial charge in [-0.15, -0.1) is 12.6 Å². The first kappa shape index (κ1) is 12.3. The lowest BCUT2D eigenvalue weighted by Gasteiger charge is -2.19. The number of fused-ring (bicyclic) bond motifs is 2. The first-order valence-electron chi connectivity index (χ1n) is 6.39. The highest BCUT2D eigenvalue weighted by molar-refractivity contribution is 7.81. The summed E-state index contributed by atoms with van der Waals surface area (Å²) < 4.78 is 0. The molecule has 0 spiro atoms. The average molecular weight is 301 g/mol. The van der Waals surface area contributed by atoms with Crippen LogP contribution in [0.15, 0.2) is 18.2 Å². The second-order valence-corrected chi connectivity index (χ2v) is 5.44. The fourth-order valence-corrected chi connectivity index (χ4v) is 2.74. The highest BCUT2D eigenvalue weighted by Crippen LogP contribution is 2.30. The summed E-state index contributed by atoms with van der Waals surface area (Å²) in [6.07, 6.45) is 0.398. The van der Waals surface area contributed by atoms with Gasteiger partial charge in [0.1, 0.15) is 17.0 Å². The Bertz CT molecular complexity index is 785. The van der Waals surface area contributed by atoms with Gasteiger partial charge in [-0.25, -0.2) is 4.98 Å². The van der Waals surface area contributed by atoms with Gasteiger partial charge in [-0.2, -0.15) is 0 Å². The third-order valence-electron chi connectivity index (χ3n) is 3.48. The molecule has 0 bridgehead atoms. The van der Waals surface area contributed by atoms with Gasteiger partial charge >= 0.3 is 0 Å². The van der Waals surface area contributed by atoms with Crippen LogP contribution in [0.2, 0.25) is 0 Å². The molecule has 21 heavy (non-hydrogen) atoms. The van der Waals surface area contributed by atoms with E-state index in [0.29, 0.717) is 23.8 Å². The van der Waals surface area contributed by atoms with Crippen LogP contribution in [0.3, 0.4) is 0 Å². The van der Waals surface area contributed by atoms with E-state index in [1.54, 1.807) is 0 Å². The van der Waals surface area contributed by atoms with Crippen LogP contribution in [0.4, 0.5) is 11.5 Å². The summed E-state index contributed by atoms with van der Waals surface area (Å²) in [5.41, 5.74) is 2.47. The Morgan fingerprint density at radius 1 is 1.24 bits per heavy atom. The number of amides is 2. The van der Waals surface area contributed by atoms with Crippen molar-refractivity contribution in [1.29, 1.82) is 0 Å².